The first kappa shape index (κ1) is 9.37. The third-order valence-corrected chi connectivity index (χ3v) is 1.58. The number of hydrogen-bond donors (Lipinski definition) is 3. The van der Waals surface area contributed by atoms with Crippen molar-refractivity contribution in [3.8, 4) is 5.88 Å². The largest absolute Gasteiger partial charge is 0.492 e. The van der Waals surface area contributed by atoms with Crippen molar-refractivity contribution in [1.82, 2.24) is 9.55 Å². The molecule has 1 rings (SSSR count). The molecular formula is C7H11N3O3. The van der Waals surface area contributed by atoms with Gasteiger partial charge in [-0.05, 0) is 6.92 Å². The number of aryl methyl sites for hydroxylation is 1. The van der Waals surface area contributed by atoms with Crippen molar-refractivity contribution in [2.45, 2.75) is 13.0 Å². The van der Waals surface area contributed by atoms with Gasteiger partial charge in [0.25, 0.3) is 0 Å². The number of carboxylic acid groups (broad SMARTS) is 1. The Kier molecular flexibility index (Phi) is 2.41. The maximum Gasteiger partial charge on any atom is 0.325 e. The highest BCUT2D eigenvalue weighted by atomic mass is 16.4. The first-order valence-electron chi connectivity index (χ1n) is 3.72. The van der Waals surface area contributed by atoms with Crippen LogP contribution in [0.4, 0.5) is 5.95 Å². The number of carbonyl (C=O) groups is 1. The van der Waals surface area contributed by atoms with Crippen LogP contribution in [0.2, 0.25) is 0 Å². The standard InChI is InChI=1S/C7H11N3O3/c1-4(6(12)13)8-7-9-5(11)3-10(7)2/h3-4,11H,1-2H3,(H,8,9)(H,12,13). The SMILES string of the molecule is CC(Nc1nc(O)cn1C)C(=O)O. The molecule has 6 heteroatoms. The second-order valence-electron chi connectivity index (χ2n) is 2.74. The molecule has 72 valence electrons. The molecule has 0 aromatic carbocycles. The molecule has 1 aromatic heterocycles. The van der Waals surface area contributed by atoms with Crippen LogP contribution in [-0.4, -0.2) is 31.8 Å². The number of nitrogens with one attached hydrogen (secondary N) is 1. The Bertz CT molecular complexity index is 321. The second-order valence-corrected chi connectivity index (χ2v) is 2.74. The molecule has 13 heavy (non-hydrogen) atoms. The van der Waals surface area contributed by atoms with E-state index < -0.39 is 12.0 Å². The number of imidazole rings is 1. The quantitative estimate of drug-likeness (QED) is 0.617. The fraction of sp³-hybridized carbons (Fsp3) is 0.429. The van der Waals surface area contributed by atoms with Gasteiger partial charge in [0.2, 0.25) is 11.8 Å². The minimum Gasteiger partial charge on any atom is -0.492 e. The van der Waals surface area contributed by atoms with Gasteiger partial charge in [-0.25, -0.2) is 0 Å². The highest BCUT2D eigenvalue weighted by molar-refractivity contribution is 5.75. The molecule has 1 aromatic rings. The van der Waals surface area contributed by atoms with E-state index in [4.69, 9.17) is 10.2 Å². The molecule has 6 nitrogen and oxygen atoms in total. The van der Waals surface area contributed by atoms with Crippen LogP contribution in [0, 0.1) is 0 Å². The van der Waals surface area contributed by atoms with E-state index in [0.717, 1.165) is 0 Å². The monoisotopic (exact) mass is 185 g/mol. The van der Waals surface area contributed by atoms with Crippen LogP contribution in [0.15, 0.2) is 6.20 Å². The summed E-state index contributed by atoms with van der Waals surface area (Å²) in [7, 11) is 1.66. The molecule has 0 aliphatic rings. The molecule has 1 unspecified atom stereocenters. The zero-order valence-corrected chi connectivity index (χ0v) is 7.35. The third kappa shape index (κ3) is 2.11. The lowest BCUT2D eigenvalue weighted by atomic mass is 10.3. The van der Waals surface area contributed by atoms with Gasteiger partial charge in [-0.3, -0.25) is 4.79 Å². The zero-order valence-electron chi connectivity index (χ0n) is 7.35. The molecule has 1 atom stereocenters. The number of rotatable bonds is 3. The van der Waals surface area contributed by atoms with Crippen LogP contribution < -0.4 is 5.32 Å². The summed E-state index contributed by atoms with van der Waals surface area (Å²) in [5.41, 5.74) is 0. The summed E-state index contributed by atoms with van der Waals surface area (Å²) in [6.45, 7) is 1.49. The van der Waals surface area contributed by atoms with Crippen molar-refractivity contribution >= 4 is 11.9 Å². The molecular weight excluding hydrogens is 174 g/mol. The van der Waals surface area contributed by atoms with E-state index in [9.17, 15) is 4.79 Å². The summed E-state index contributed by atoms with van der Waals surface area (Å²) in [4.78, 5) is 14.1. The van der Waals surface area contributed by atoms with Crippen molar-refractivity contribution in [1.29, 1.82) is 0 Å². The minimum absolute atomic E-state index is 0.136. The van der Waals surface area contributed by atoms with E-state index in [2.05, 4.69) is 10.3 Å². The van der Waals surface area contributed by atoms with Crippen molar-refractivity contribution < 1.29 is 15.0 Å². The summed E-state index contributed by atoms with van der Waals surface area (Å²) >= 11 is 0. The predicted octanol–water partition coefficient (Wildman–Crippen LogP) is 0.0107. The molecule has 1 heterocycles. The summed E-state index contributed by atoms with van der Waals surface area (Å²) in [5, 5.41) is 20.2. The van der Waals surface area contributed by atoms with Gasteiger partial charge in [0.05, 0.1) is 6.20 Å². The van der Waals surface area contributed by atoms with E-state index in [1.165, 1.54) is 17.7 Å². The first-order chi connectivity index (χ1) is 6.00. The number of anilines is 1. The minimum atomic E-state index is -0.970. The van der Waals surface area contributed by atoms with Crippen molar-refractivity contribution in [2.24, 2.45) is 7.05 Å². The van der Waals surface area contributed by atoms with Crippen molar-refractivity contribution in [2.75, 3.05) is 5.32 Å². The summed E-state index contributed by atoms with van der Waals surface area (Å²) in [5.74, 6) is -0.780. The normalized spacial score (nSPS) is 12.5. The number of nitrogens with zero attached hydrogens (tertiary/aromatic N) is 2. The number of carboxylic acids is 1. The van der Waals surface area contributed by atoms with Gasteiger partial charge in [0, 0.05) is 7.05 Å². The number of aromatic nitrogens is 2. The Labute approximate surface area is 74.8 Å². The lowest BCUT2D eigenvalue weighted by molar-refractivity contribution is -0.137. The molecule has 0 spiro atoms. The van der Waals surface area contributed by atoms with Crippen LogP contribution in [0.3, 0.4) is 0 Å². The molecule has 0 amide bonds. The average Bonchev–Trinajstić information content (AvgIpc) is 2.30. The third-order valence-electron chi connectivity index (χ3n) is 1.58. The smallest absolute Gasteiger partial charge is 0.325 e. The van der Waals surface area contributed by atoms with Gasteiger partial charge in [0.15, 0.2) is 0 Å². The lowest BCUT2D eigenvalue weighted by Crippen LogP contribution is -2.26. The maximum atomic E-state index is 10.5. The van der Waals surface area contributed by atoms with Gasteiger partial charge in [0.1, 0.15) is 6.04 Å². The Morgan fingerprint density at radius 1 is 1.77 bits per heavy atom. The molecule has 0 bridgehead atoms. The lowest BCUT2D eigenvalue weighted by Gasteiger charge is -2.08. The topological polar surface area (TPSA) is 87.4 Å². The Balaban J connectivity index is 2.74. The molecule has 0 fully saturated rings. The van der Waals surface area contributed by atoms with Crippen LogP contribution in [0.5, 0.6) is 5.88 Å². The number of hydrogen-bond acceptors (Lipinski definition) is 4. The van der Waals surface area contributed by atoms with Gasteiger partial charge < -0.3 is 20.1 Å². The van der Waals surface area contributed by atoms with Crippen LogP contribution in [0.1, 0.15) is 6.92 Å². The molecule has 0 aliphatic carbocycles. The van der Waals surface area contributed by atoms with Crippen LogP contribution in [-0.2, 0) is 11.8 Å². The molecule has 0 radical (unpaired) electrons. The fourth-order valence-corrected chi connectivity index (χ4v) is 0.840. The predicted molar refractivity (Wildman–Crippen MR) is 45.6 cm³/mol. The fourth-order valence-electron chi connectivity index (χ4n) is 0.840. The number of aliphatic carboxylic acids is 1. The van der Waals surface area contributed by atoms with E-state index in [1.54, 1.807) is 7.05 Å². The van der Waals surface area contributed by atoms with Gasteiger partial charge >= 0.3 is 5.97 Å². The van der Waals surface area contributed by atoms with Crippen molar-refractivity contribution in [3.63, 3.8) is 0 Å². The van der Waals surface area contributed by atoms with E-state index in [-0.39, 0.29) is 5.88 Å². The summed E-state index contributed by atoms with van der Waals surface area (Å²) in [6.07, 6.45) is 1.39. The van der Waals surface area contributed by atoms with Crippen LogP contribution >= 0.6 is 0 Å². The van der Waals surface area contributed by atoms with Gasteiger partial charge in [-0.15, -0.1) is 0 Å². The number of aromatic hydroxyl groups is 1. The first-order valence-corrected chi connectivity index (χ1v) is 3.72. The summed E-state index contributed by atoms with van der Waals surface area (Å²) in [6, 6.07) is -0.736. The molecule has 3 N–H and O–H groups in total. The highest BCUT2D eigenvalue weighted by Crippen LogP contribution is 2.12. The second kappa shape index (κ2) is 3.34. The Morgan fingerprint density at radius 2 is 2.38 bits per heavy atom. The molecule has 0 saturated carbocycles. The maximum absolute atomic E-state index is 10.5. The van der Waals surface area contributed by atoms with E-state index in [0.29, 0.717) is 5.95 Å². The van der Waals surface area contributed by atoms with Gasteiger partial charge in [-0.2, -0.15) is 4.98 Å². The van der Waals surface area contributed by atoms with E-state index in [1.807, 2.05) is 0 Å². The van der Waals surface area contributed by atoms with Gasteiger partial charge in [-0.1, -0.05) is 0 Å². The highest BCUT2D eigenvalue weighted by Gasteiger charge is 2.13. The van der Waals surface area contributed by atoms with Crippen LogP contribution in [0.25, 0.3) is 0 Å². The molecule has 0 aliphatic heterocycles. The van der Waals surface area contributed by atoms with E-state index >= 15 is 0 Å². The summed E-state index contributed by atoms with van der Waals surface area (Å²) < 4.78 is 1.51. The Hall–Kier alpha value is -1.72. The Morgan fingerprint density at radius 3 is 2.77 bits per heavy atom. The zero-order chi connectivity index (χ0) is 10.0. The van der Waals surface area contributed by atoms with Crippen molar-refractivity contribution in [3.05, 3.63) is 6.20 Å². The average molecular weight is 185 g/mol. The molecule has 0 saturated heterocycles.